The van der Waals surface area contributed by atoms with Crippen LogP contribution in [0, 0.1) is 11.8 Å². The molecule has 1 aliphatic rings. The van der Waals surface area contributed by atoms with Crippen LogP contribution in [0.2, 0.25) is 0 Å². The van der Waals surface area contributed by atoms with E-state index in [1.165, 1.54) is 0 Å². The van der Waals surface area contributed by atoms with E-state index in [9.17, 15) is 9.59 Å². The Bertz CT molecular complexity index is 286. The van der Waals surface area contributed by atoms with Crippen LogP contribution in [0.15, 0.2) is 0 Å². The van der Waals surface area contributed by atoms with E-state index in [-0.39, 0.29) is 23.7 Å². The highest BCUT2D eigenvalue weighted by Crippen LogP contribution is 2.21. The van der Waals surface area contributed by atoms with Gasteiger partial charge >= 0.3 is 0 Å². The minimum atomic E-state index is -0.775. The van der Waals surface area contributed by atoms with E-state index >= 15 is 0 Å². The average molecular weight is 212 g/mol. The summed E-state index contributed by atoms with van der Waals surface area (Å²) in [7, 11) is 0. The monoisotopic (exact) mass is 212 g/mol. The fourth-order valence-electron chi connectivity index (χ4n) is 1.62. The van der Waals surface area contributed by atoms with E-state index in [1.54, 1.807) is 6.92 Å². The first-order valence-corrected chi connectivity index (χ1v) is 5.42. The lowest BCUT2D eigenvalue weighted by Crippen LogP contribution is -2.71. The van der Waals surface area contributed by atoms with Crippen LogP contribution in [-0.4, -0.2) is 23.4 Å². The third-order valence-electron chi connectivity index (χ3n) is 3.24. The van der Waals surface area contributed by atoms with Gasteiger partial charge in [0, 0.05) is 0 Å². The van der Waals surface area contributed by atoms with Gasteiger partial charge in [0.15, 0.2) is 0 Å². The average Bonchev–Trinajstić information content (AvgIpc) is 2.10. The number of carbonyl (C=O) groups excluding carboxylic acids is 2. The molecule has 15 heavy (non-hydrogen) atoms. The van der Waals surface area contributed by atoms with Crippen molar-refractivity contribution in [1.29, 1.82) is 0 Å². The predicted octanol–water partition coefficient (Wildman–Crippen LogP) is 0.672. The summed E-state index contributed by atoms with van der Waals surface area (Å²) in [6.07, 6.45) is 0. The molecule has 4 nitrogen and oxygen atoms in total. The van der Waals surface area contributed by atoms with E-state index < -0.39 is 11.6 Å². The summed E-state index contributed by atoms with van der Waals surface area (Å²) in [5, 5.41) is 5.61. The van der Waals surface area contributed by atoms with Gasteiger partial charge in [0.1, 0.15) is 11.6 Å². The molecule has 0 aromatic carbocycles. The molecule has 1 saturated heterocycles. The van der Waals surface area contributed by atoms with Gasteiger partial charge in [-0.2, -0.15) is 0 Å². The summed E-state index contributed by atoms with van der Waals surface area (Å²) in [5.74, 6) is 0.0248. The van der Waals surface area contributed by atoms with Crippen LogP contribution < -0.4 is 10.6 Å². The molecule has 1 rings (SSSR count). The summed E-state index contributed by atoms with van der Waals surface area (Å²) < 4.78 is 0. The molecule has 0 spiro atoms. The fourth-order valence-corrected chi connectivity index (χ4v) is 1.62. The van der Waals surface area contributed by atoms with Crippen LogP contribution >= 0.6 is 0 Å². The molecule has 0 aliphatic carbocycles. The number of amides is 2. The SMILES string of the molecule is CC(C)[C@@H]1NC(=O)[C@@](C)(C(C)C)NC1=O. The molecular formula is C11H20N2O2. The molecule has 1 heterocycles. The number of nitrogens with one attached hydrogen (secondary N) is 2. The van der Waals surface area contributed by atoms with Gasteiger partial charge in [0.25, 0.3) is 0 Å². The van der Waals surface area contributed by atoms with Crippen molar-refractivity contribution in [3.8, 4) is 0 Å². The van der Waals surface area contributed by atoms with Crippen LogP contribution in [0.3, 0.4) is 0 Å². The van der Waals surface area contributed by atoms with Crippen LogP contribution in [0.25, 0.3) is 0 Å². The molecule has 2 amide bonds. The Morgan fingerprint density at radius 2 is 1.73 bits per heavy atom. The van der Waals surface area contributed by atoms with E-state index in [0.29, 0.717) is 0 Å². The second-order valence-electron chi connectivity index (χ2n) is 5.04. The minimum Gasteiger partial charge on any atom is -0.342 e. The Balaban J connectivity index is 2.89. The van der Waals surface area contributed by atoms with Gasteiger partial charge in [-0.1, -0.05) is 27.7 Å². The molecule has 2 N–H and O–H groups in total. The Labute approximate surface area is 90.8 Å². The van der Waals surface area contributed by atoms with Gasteiger partial charge < -0.3 is 10.6 Å². The van der Waals surface area contributed by atoms with Gasteiger partial charge in [0.2, 0.25) is 11.8 Å². The molecule has 0 aromatic rings. The summed E-state index contributed by atoms with van der Waals surface area (Å²) in [6.45, 7) is 9.46. The first kappa shape index (κ1) is 12.0. The predicted molar refractivity (Wildman–Crippen MR) is 58.2 cm³/mol. The van der Waals surface area contributed by atoms with Gasteiger partial charge in [0.05, 0.1) is 0 Å². The number of rotatable bonds is 2. The smallest absolute Gasteiger partial charge is 0.246 e. The van der Waals surface area contributed by atoms with Crippen LogP contribution in [0.1, 0.15) is 34.6 Å². The molecular weight excluding hydrogens is 192 g/mol. The van der Waals surface area contributed by atoms with E-state index in [0.717, 1.165) is 0 Å². The van der Waals surface area contributed by atoms with Crippen molar-refractivity contribution in [2.45, 2.75) is 46.2 Å². The standard InChI is InChI=1S/C11H20N2O2/c1-6(2)8-9(14)13-11(5,7(3)4)10(15)12-8/h6-8H,1-5H3,(H,12,15)(H,13,14)/t8-,11+/m0/s1. The molecule has 4 heteroatoms. The van der Waals surface area contributed by atoms with Crippen molar-refractivity contribution in [3.63, 3.8) is 0 Å². The van der Waals surface area contributed by atoms with Crippen LogP contribution in [0.5, 0.6) is 0 Å². The molecule has 86 valence electrons. The van der Waals surface area contributed by atoms with E-state index in [2.05, 4.69) is 10.6 Å². The quantitative estimate of drug-likeness (QED) is 0.707. The van der Waals surface area contributed by atoms with E-state index in [1.807, 2.05) is 27.7 Å². The van der Waals surface area contributed by atoms with Gasteiger partial charge in [-0.3, -0.25) is 9.59 Å². The van der Waals surface area contributed by atoms with Crippen molar-refractivity contribution >= 4 is 11.8 Å². The normalized spacial score (nSPS) is 31.8. The lowest BCUT2D eigenvalue weighted by molar-refractivity contribution is -0.143. The highest BCUT2D eigenvalue weighted by atomic mass is 16.2. The summed E-state index contributed by atoms with van der Waals surface area (Å²) in [6, 6.07) is -0.399. The van der Waals surface area contributed by atoms with E-state index in [4.69, 9.17) is 0 Å². The van der Waals surface area contributed by atoms with Crippen molar-refractivity contribution in [3.05, 3.63) is 0 Å². The molecule has 1 aliphatic heterocycles. The second kappa shape index (κ2) is 3.83. The highest BCUT2D eigenvalue weighted by Gasteiger charge is 2.45. The largest absolute Gasteiger partial charge is 0.342 e. The van der Waals surface area contributed by atoms with Gasteiger partial charge in [-0.15, -0.1) is 0 Å². The Hall–Kier alpha value is -1.06. The minimum absolute atomic E-state index is 0.0783. The zero-order chi connectivity index (χ0) is 11.8. The molecule has 0 unspecified atom stereocenters. The zero-order valence-corrected chi connectivity index (χ0v) is 10.0. The topological polar surface area (TPSA) is 58.2 Å². The number of carbonyl (C=O) groups is 2. The Morgan fingerprint density at radius 1 is 1.20 bits per heavy atom. The first-order chi connectivity index (χ1) is 6.79. The van der Waals surface area contributed by atoms with Crippen molar-refractivity contribution in [2.24, 2.45) is 11.8 Å². The Kier molecular flexibility index (Phi) is 3.07. The molecule has 1 fully saturated rings. The summed E-state index contributed by atoms with van der Waals surface area (Å²) in [5.41, 5.74) is -0.775. The second-order valence-corrected chi connectivity index (χ2v) is 5.04. The van der Waals surface area contributed by atoms with Crippen molar-refractivity contribution in [1.82, 2.24) is 10.6 Å². The maximum absolute atomic E-state index is 11.9. The molecule has 0 aromatic heterocycles. The number of piperazine rings is 1. The van der Waals surface area contributed by atoms with Gasteiger partial charge in [-0.25, -0.2) is 0 Å². The molecule has 0 bridgehead atoms. The molecule has 0 saturated carbocycles. The lowest BCUT2D eigenvalue weighted by atomic mass is 9.83. The summed E-state index contributed by atoms with van der Waals surface area (Å²) in [4.78, 5) is 23.7. The lowest BCUT2D eigenvalue weighted by Gasteiger charge is -2.41. The maximum Gasteiger partial charge on any atom is 0.246 e. The van der Waals surface area contributed by atoms with Crippen molar-refractivity contribution < 1.29 is 9.59 Å². The number of hydrogen-bond donors (Lipinski definition) is 2. The highest BCUT2D eigenvalue weighted by molar-refractivity contribution is 5.99. The zero-order valence-electron chi connectivity index (χ0n) is 10.0. The van der Waals surface area contributed by atoms with Gasteiger partial charge in [-0.05, 0) is 18.8 Å². The fraction of sp³-hybridized carbons (Fsp3) is 0.818. The molecule has 0 radical (unpaired) electrons. The van der Waals surface area contributed by atoms with Crippen molar-refractivity contribution in [2.75, 3.05) is 0 Å². The van der Waals surface area contributed by atoms with Crippen LogP contribution in [-0.2, 0) is 9.59 Å². The Morgan fingerprint density at radius 3 is 2.13 bits per heavy atom. The maximum atomic E-state index is 11.9. The third-order valence-corrected chi connectivity index (χ3v) is 3.24. The summed E-state index contributed by atoms with van der Waals surface area (Å²) >= 11 is 0. The first-order valence-electron chi connectivity index (χ1n) is 5.42. The third kappa shape index (κ3) is 1.98. The van der Waals surface area contributed by atoms with Crippen LogP contribution in [0.4, 0.5) is 0 Å². The molecule has 2 atom stereocenters. The number of hydrogen-bond acceptors (Lipinski definition) is 2.